The Labute approximate surface area is 124 Å². The third kappa shape index (κ3) is 4.06. The van der Waals surface area contributed by atoms with Gasteiger partial charge in [0.05, 0.1) is 4.47 Å². The summed E-state index contributed by atoms with van der Waals surface area (Å²) >= 11 is 3.58. The number of aromatic nitrogens is 2. The normalized spacial score (nSPS) is 14.8. The molecule has 0 saturated heterocycles. The number of hydrogen-bond acceptors (Lipinski definition) is 4. The first-order chi connectivity index (χ1) is 9.11. The summed E-state index contributed by atoms with van der Waals surface area (Å²) in [4.78, 5) is 11.4. The number of halogens is 1. The number of anilines is 2. The van der Waals surface area contributed by atoms with E-state index >= 15 is 0 Å². The van der Waals surface area contributed by atoms with E-state index in [0.29, 0.717) is 6.04 Å². The van der Waals surface area contributed by atoms with Crippen molar-refractivity contribution < 1.29 is 0 Å². The second-order valence-electron chi connectivity index (χ2n) is 5.48. The molecule has 1 aromatic rings. The molecule has 1 heterocycles. The molecule has 0 unspecified atom stereocenters. The summed E-state index contributed by atoms with van der Waals surface area (Å²) in [5, 5.41) is 3.25. The molecule has 0 amide bonds. The van der Waals surface area contributed by atoms with E-state index in [4.69, 9.17) is 0 Å². The second-order valence-corrected chi connectivity index (χ2v) is 6.34. The maximum absolute atomic E-state index is 4.67. The first kappa shape index (κ1) is 14.6. The van der Waals surface area contributed by atoms with Crippen LogP contribution in [0.2, 0.25) is 0 Å². The molecule has 0 aromatic carbocycles. The standard InChI is InChI=1S/C14H23BrN4/c1-4-7-16-14-17-8-12(15)13(18-14)19(10(2)3)9-11-5-6-11/h8,10-11H,4-7,9H2,1-3H3,(H,16,17,18). The quantitative estimate of drug-likeness (QED) is 0.829. The molecule has 1 aliphatic carbocycles. The maximum atomic E-state index is 4.67. The minimum Gasteiger partial charge on any atom is -0.354 e. The van der Waals surface area contributed by atoms with Crippen molar-refractivity contribution in [1.29, 1.82) is 0 Å². The lowest BCUT2D eigenvalue weighted by Gasteiger charge is -2.29. The van der Waals surface area contributed by atoms with Crippen molar-refractivity contribution in [2.75, 3.05) is 23.3 Å². The van der Waals surface area contributed by atoms with Crippen LogP contribution in [0.15, 0.2) is 10.7 Å². The SMILES string of the molecule is CCCNc1ncc(Br)c(N(CC2CC2)C(C)C)n1. The van der Waals surface area contributed by atoms with Crippen molar-refractivity contribution in [1.82, 2.24) is 9.97 Å². The zero-order valence-electron chi connectivity index (χ0n) is 12.0. The van der Waals surface area contributed by atoms with E-state index in [1.807, 2.05) is 6.20 Å². The molecule has 0 radical (unpaired) electrons. The number of hydrogen-bond donors (Lipinski definition) is 1. The van der Waals surface area contributed by atoms with Crippen LogP contribution >= 0.6 is 15.9 Å². The van der Waals surface area contributed by atoms with E-state index < -0.39 is 0 Å². The highest BCUT2D eigenvalue weighted by atomic mass is 79.9. The van der Waals surface area contributed by atoms with Gasteiger partial charge in [-0.3, -0.25) is 0 Å². The van der Waals surface area contributed by atoms with Gasteiger partial charge in [0.25, 0.3) is 0 Å². The van der Waals surface area contributed by atoms with Gasteiger partial charge in [-0.05, 0) is 55.0 Å². The van der Waals surface area contributed by atoms with Crippen molar-refractivity contribution in [3.05, 3.63) is 10.7 Å². The summed E-state index contributed by atoms with van der Waals surface area (Å²) in [6.07, 6.45) is 5.63. The minimum absolute atomic E-state index is 0.450. The third-order valence-corrected chi connectivity index (χ3v) is 3.87. The molecule has 1 aromatic heterocycles. The topological polar surface area (TPSA) is 41.1 Å². The summed E-state index contributed by atoms with van der Waals surface area (Å²) in [6.45, 7) is 8.58. The summed E-state index contributed by atoms with van der Waals surface area (Å²) < 4.78 is 0.976. The Bertz CT molecular complexity index is 418. The van der Waals surface area contributed by atoms with Gasteiger partial charge >= 0.3 is 0 Å². The Hall–Kier alpha value is -0.840. The lowest BCUT2D eigenvalue weighted by Crippen LogP contribution is -2.34. The van der Waals surface area contributed by atoms with Crippen molar-refractivity contribution in [2.24, 2.45) is 5.92 Å². The fourth-order valence-corrected chi connectivity index (χ4v) is 2.42. The molecule has 1 saturated carbocycles. The van der Waals surface area contributed by atoms with E-state index in [1.165, 1.54) is 12.8 Å². The molecule has 0 atom stereocenters. The fourth-order valence-electron chi connectivity index (χ4n) is 2.00. The van der Waals surface area contributed by atoms with E-state index in [2.05, 4.69) is 56.9 Å². The Morgan fingerprint density at radius 2 is 2.21 bits per heavy atom. The Morgan fingerprint density at radius 1 is 1.47 bits per heavy atom. The second kappa shape index (κ2) is 6.55. The highest BCUT2D eigenvalue weighted by Gasteiger charge is 2.27. The Kier molecular flexibility index (Phi) is 5.02. The highest BCUT2D eigenvalue weighted by Crippen LogP contribution is 2.34. The van der Waals surface area contributed by atoms with Gasteiger partial charge in [0.2, 0.25) is 5.95 Å². The predicted molar refractivity (Wildman–Crippen MR) is 83.7 cm³/mol. The van der Waals surface area contributed by atoms with Crippen molar-refractivity contribution in [3.8, 4) is 0 Å². The number of nitrogens with one attached hydrogen (secondary N) is 1. The largest absolute Gasteiger partial charge is 0.354 e. The smallest absolute Gasteiger partial charge is 0.224 e. The minimum atomic E-state index is 0.450. The molecule has 0 aliphatic heterocycles. The van der Waals surface area contributed by atoms with Crippen LogP contribution in [0, 0.1) is 5.92 Å². The molecular formula is C14H23BrN4. The van der Waals surface area contributed by atoms with Gasteiger partial charge in [-0.25, -0.2) is 4.98 Å². The lowest BCUT2D eigenvalue weighted by molar-refractivity contribution is 0.634. The average Bonchev–Trinajstić information content (AvgIpc) is 3.19. The van der Waals surface area contributed by atoms with Gasteiger partial charge < -0.3 is 10.2 Å². The van der Waals surface area contributed by atoms with Crippen LogP contribution < -0.4 is 10.2 Å². The van der Waals surface area contributed by atoms with E-state index in [9.17, 15) is 0 Å². The van der Waals surface area contributed by atoms with Crippen LogP contribution in [0.25, 0.3) is 0 Å². The van der Waals surface area contributed by atoms with E-state index in [0.717, 1.165) is 41.7 Å². The number of nitrogens with zero attached hydrogens (tertiary/aromatic N) is 3. The summed E-state index contributed by atoms with van der Waals surface area (Å²) in [6, 6.07) is 0.450. The van der Waals surface area contributed by atoms with Gasteiger partial charge in [-0.15, -0.1) is 0 Å². The van der Waals surface area contributed by atoms with Crippen LogP contribution in [0.1, 0.15) is 40.0 Å². The van der Waals surface area contributed by atoms with Crippen LogP contribution in [0.5, 0.6) is 0 Å². The molecule has 1 aliphatic rings. The highest BCUT2D eigenvalue weighted by molar-refractivity contribution is 9.10. The monoisotopic (exact) mass is 326 g/mol. The number of rotatable bonds is 7. The molecular weight excluding hydrogens is 304 g/mol. The molecule has 106 valence electrons. The van der Waals surface area contributed by atoms with E-state index in [1.54, 1.807) is 0 Å². The van der Waals surface area contributed by atoms with Crippen molar-refractivity contribution in [3.63, 3.8) is 0 Å². The molecule has 4 nitrogen and oxygen atoms in total. The Balaban J connectivity index is 2.18. The van der Waals surface area contributed by atoms with Crippen molar-refractivity contribution >= 4 is 27.7 Å². The third-order valence-electron chi connectivity index (χ3n) is 3.31. The van der Waals surface area contributed by atoms with Gasteiger partial charge in [-0.2, -0.15) is 4.98 Å². The van der Waals surface area contributed by atoms with Gasteiger partial charge in [-0.1, -0.05) is 6.92 Å². The summed E-state index contributed by atoms with van der Waals surface area (Å²) in [7, 11) is 0. The van der Waals surface area contributed by atoms with Gasteiger partial charge in [0.1, 0.15) is 5.82 Å². The lowest BCUT2D eigenvalue weighted by atomic mass is 10.2. The first-order valence-electron chi connectivity index (χ1n) is 7.14. The zero-order chi connectivity index (χ0) is 13.8. The first-order valence-corrected chi connectivity index (χ1v) is 7.94. The van der Waals surface area contributed by atoms with Crippen LogP contribution in [0.3, 0.4) is 0 Å². The van der Waals surface area contributed by atoms with Crippen molar-refractivity contribution in [2.45, 2.75) is 46.1 Å². The summed E-state index contributed by atoms with van der Waals surface area (Å²) in [5.74, 6) is 2.58. The van der Waals surface area contributed by atoms with Gasteiger partial charge in [0, 0.05) is 25.3 Å². The van der Waals surface area contributed by atoms with Crippen LogP contribution in [-0.2, 0) is 0 Å². The Morgan fingerprint density at radius 3 is 2.79 bits per heavy atom. The van der Waals surface area contributed by atoms with Gasteiger partial charge in [0.15, 0.2) is 0 Å². The predicted octanol–water partition coefficient (Wildman–Crippen LogP) is 3.69. The molecule has 19 heavy (non-hydrogen) atoms. The van der Waals surface area contributed by atoms with E-state index in [-0.39, 0.29) is 0 Å². The molecule has 0 spiro atoms. The maximum Gasteiger partial charge on any atom is 0.224 e. The fraction of sp³-hybridized carbons (Fsp3) is 0.714. The zero-order valence-corrected chi connectivity index (χ0v) is 13.6. The molecule has 1 fully saturated rings. The van der Waals surface area contributed by atoms with Crippen LogP contribution in [-0.4, -0.2) is 29.1 Å². The molecule has 2 rings (SSSR count). The summed E-state index contributed by atoms with van der Waals surface area (Å²) in [5.41, 5.74) is 0. The van der Waals surface area contributed by atoms with Crippen LogP contribution in [0.4, 0.5) is 11.8 Å². The molecule has 5 heteroatoms. The molecule has 1 N–H and O–H groups in total. The molecule has 0 bridgehead atoms. The average molecular weight is 327 g/mol.